The highest BCUT2D eigenvalue weighted by Crippen LogP contribution is 2.38. The van der Waals surface area contributed by atoms with Crippen molar-refractivity contribution in [1.29, 1.82) is 5.26 Å². The summed E-state index contributed by atoms with van der Waals surface area (Å²) in [6.45, 7) is 2.10. The summed E-state index contributed by atoms with van der Waals surface area (Å²) in [5.41, 5.74) is -0.570. The summed E-state index contributed by atoms with van der Waals surface area (Å²) in [4.78, 5) is 12.0. The summed E-state index contributed by atoms with van der Waals surface area (Å²) in [7, 11) is 0. The number of amides is 1. The van der Waals surface area contributed by atoms with Crippen LogP contribution in [0.4, 0.5) is 0 Å². The van der Waals surface area contributed by atoms with Crippen LogP contribution >= 0.6 is 0 Å². The van der Waals surface area contributed by atoms with Crippen molar-refractivity contribution in [2.75, 3.05) is 0 Å². The van der Waals surface area contributed by atoms with Crippen molar-refractivity contribution in [1.82, 2.24) is 5.32 Å². The van der Waals surface area contributed by atoms with E-state index in [0.717, 1.165) is 32.1 Å². The van der Waals surface area contributed by atoms with Crippen LogP contribution in [0, 0.1) is 23.2 Å². The van der Waals surface area contributed by atoms with Crippen LogP contribution in [0.5, 0.6) is 0 Å². The lowest BCUT2D eigenvalue weighted by Gasteiger charge is -2.29. The Labute approximate surface area is 104 Å². The number of rotatable bonds is 2. The minimum atomic E-state index is -0.570. The second-order valence-corrected chi connectivity index (χ2v) is 5.77. The molecule has 0 spiro atoms. The van der Waals surface area contributed by atoms with Crippen molar-refractivity contribution < 1.29 is 4.79 Å². The lowest BCUT2D eigenvalue weighted by molar-refractivity contribution is -0.124. The summed E-state index contributed by atoms with van der Waals surface area (Å²) in [6, 6.07) is 2.38. The number of nitrogens with zero attached hydrogens (tertiary/aromatic N) is 1. The van der Waals surface area contributed by atoms with Crippen molar-refractivity contribution in [3.05, 3.63) is 0 Å². The molecule has 0 radical (unpaired) electrons. The fourth-order valence-corrected chi connectivity index (χ4v) is 2.79. The molecule has 0 aliphatic heterocycles. The summed E-state index contributed by atoms with van der Waals surface area (Å²) in [5, 5.41) is 12.5. The summed E-state index contributed by atoms with van der Waals surface area (Å²) in [6.07, 6.45) is 8.44. The number of hydrogen-bond acceptors (Lipinski definition) is 2. The van der Waals surface area contributed by atoms with E-state index in [4.69, 9.17) is 0 Å². The fraction of sp³-hybridized carbons (Fsp3) is 0.857. The molecule has 17 heavy (non-hydrogen) atoms. The van der Waals surface area contributed by atoms with Crippen molar-refractivity contribution in [3.8, 4) is 6.07 Å². The van der Waals surface area contributed by atoms with Gasteiger partial charge in [-0.1, -0.05) is 39.0 Å². The van der Waals surface area contributed by atoms with Crippen LogP contribution in [0.1, 0.15) is 58.3 Å². The Morgan fingerprint density at radius 3 is 2.24 bits per heavy atom. The topological polar surface area (TPSA) is 52.9 Å². The van der Waals surface area contributed by atoms with Gasteiger partial charge in [0.05, 0.1) is 6.07 Å². The Balaban J connectivity index is 1.97. The van der Waals surface area contributed by atoms with Gasteiger partial charge in [0.2, 0.25) is 5.91 Å². The smallest absolute Gasteiger partial charge is 0.224 e. The molecule has 2 aliphatic carbocycles. The Kier molecular flexibility index (Phi) is 3.71. The third-order valence-corrected chi connectivity index (χ3v) is 4.23. The van der Waals surface area contributed by atoms with Crippen LogP contribution in [0.3, 0.4) is 0 Å². The highest BCUT2D eigenvalue weighted by Gasteiger charge is 2.42. The largest absolute Gasteiger partial charge is 0.338 e. The molecule has 3 nitrogen and oxygen atoms in total. The third-order valence-electron chi connectivity index (χ3n) is 4.23. The van der Waals surface area contributed by atoms with Gasteiger partial charge in [-0.15, -0.1) is 0 Å². The van der Waals surface area contributed by atoms with E-state index in [-0.39, 0.29) is 11.8 Å². The molecule has 2 atom stereocenters. The summed E-state index contributed by atoms with van der Waals surface area (Å²) in [5.74, 6) is 0.796. The second kappa shape index (κ2) is 5.08. The molecule has 1 amide bonds. The van der Waals surface area contributed by atoms with Gasteiger partial charge in [0.1, 0.15) is 5.54 Å². The van der Waals surface area contributed by atoms with Crippen LogP contribution in [0.15, 0.2) is 0 Å². The summed E-state index contributed by atoms with van der Waals surface area (Å²) >= 11 is 0. The second-order valence-electron chi connectivity index (χ2n) is 5.77. The van der Waals surface area contributed by atoms with E-state index in [9.17, 15) is 10.1 Å². The average Bonchev–Trinajstić information content (AvgIpc) is 3.00. The normalized spacial score (nSPS) is 31.8. The maximum absolute atomic E-state index is 12.0. The van der Waals surface area contributed by atoms with Crippen molar-refractivity contribution in [3.63, 3.8) is 0 Å². The molecule has 2 saturated carbocycles. The molecule has 2 unspecified atom stereocenters. The van der Waals surface area contributed by atoms with Gasteiger partial charge in [-0.05, 0) is 25.2 Å². The van der Waals surface area contributed by atoms with Gasteiger partial charge < -0.3 is 5.32 Å². The summed E-state index contributed by atoms with van der Waals surface area (Å²) < 4.78 is 0. The molecular weight excluding hydrogens is 212 g/mol. The SMILES string of the molecule is CC1CC1C(=O)NC1(C#N)CCCCCCC1. The van der Waals surface area contributed by atoms with Gasteiger partial charge in [0.15, 0.2) is 0 Å². The minimum Gasteiger partial charge on any atom is -0.338 e. The highest BCUT2D eigenvalue weighted by atomic mass is 16.2. The number of nitrogens with one attached hydrogen (secondary N) is 1. The number of carbonyl (C=O) groups excluding carboxylic acids is 1. The number of carbonyl (C=O) groups is 1. The first-order valence-electron chi connectivity index (χ1n) is 6.90. The van der Waals surface area contributed by atoms with E-state index in [1.54, 1.807) is 0 Å². The predicted octanol–water partition coefficient (Wildman–Crippen LogP) is 2.77. The lowest BCUT2D eigenvalue weighted by atomic mass is 9.85. The first kappa shape index (κ1) is 12.4. The highest BCUT2D eigenvalue weighted by molar-refractivity contribution is 5.82. The molecule has 0 heterocycles. The maximum atomic E-state index is 12.0. The van der Waals surface area contributed by atoms with Crippen molar-refractivity contribution >= 4 is 5.91 Å². The number of hydrogen-bond donors (Lipinski definition) is 1. The minimum absolute atomic E-state index is 0.111. The molecule has 0 aromatic carbocycles. The van der Waals surface area contributed by atoms with Gasteiger partial charge in [-0.3, -0.25) is 4.79 Å². The molecule has 0 aromatic rings. The first-order valence-corrected chi connectivity index (χ1v) is 6.90. The first-order chi connectivity index (χ1) is 8.17. The van der Waals surface area contributed by atoms with Gasteiger partial charge in [0.25, 0.3) is 0 Å². The monoisotopic (exact) mass is 234 g/mol. The van der Waals surface area contributed by atoms with E-state index in [1.807, 2.05) is 0 Å². The Morgan fingerprint density at radius 2 is 1.76 bits per heavy atom. The van der Waals surface area contributed by atoms with E-state index in [2.05, 4.69) is 18.3 Å². The van der Waals surface area contributed by atoms with E-state index < -0.39 is 5.54 Å². The molecule has 0 saturated heterocycles. The van der Waals surface area contributed by atoms with Crippen LogP contribution < -0.4 is 5.32 Å². The van der Waals surface area contributed by atoms with E-state index in [0.29, 0.717) is 5.92 Å². The number of nitriles is 1. The van der Waals surface area contributed by atoms with E-state index in [1.165, 1.54) is 19.3 Å². The predicted molar refractivity (Wildman–Crippen MR) is 66.1 cm³/mol. The third kappa shape index (κ3) is 3.00. The zero-order valence-corrected chi connectivity index (χ0v) is 10.7. The molecule has 3 heteroatoms. The Morgan fingerprint density at radius 1 is 1.24 bits per heavy atom. The van der Waals surface area contributed by atoms with Crippen LogP contribution in [-0.4, -0.2) is 11.4 Å². The van der Waals surface area contributed by atoms with E-state index >= 15 is 0 Å². The van der Waals surface area contributed by atoms with Crippen molar-refractivity contribution in [2.45, 2.75) is 63.8 Å². The Hall–Kier alpha value is -1.04. The molecule has 0 bridgehead atoms. The van der Waals surface area contributed by atoms with Gasteiger partial charge >= 0.3 is 0 Å². The standard InChI is InChI=1S/C14H22N2O/c1-11-9-12(11)13(17)16-14(10-15)7-5-3-2-4-6-8-14/h11-12H,2-9H2,1H3,(H,16,17). The molecule has 94 valence electrons. The van der Waals surface area contributed by atoms with Crippen LogP contribution in [-0.2, 0) is 4.79 Å². The van der Waals surface area contributed by atoms with Crippen LogP contribution in [0.2, 0.25) is 0 Å². The van der Waals surface area contributed by atoms with Gasteiger partial charge in [0, 0.05) is 5.92 Å². The molecule has 2 fully saturated rings. The fourth-order valence-electron chi connectivity index (χ4n) is 2.79. The Bertz CT molecular complexity index is 324. The molecule has 0 aromatic heterocycles. The van der Waals surface area contributed by atoms with Crippen molar-refractivity contribution in [2.24, 2.45) is 11.8 Å². The van der Waals surface area contributed by atoms with Gasteiger partial charge in [-0.25, -0.2) is 0 Å². The molecule has 1 N–H and O–H groups in total. The average molecular weight is 234 g/mol. The quantitative estimate of drug-likeness (QED) is 0.798. The zero-order valence-electron chi connectivity index (χ0n) is 10.7. The lowest BCUT2D eigenvalue weighted by Crippen LogP contribution is -2.48. The zero-order chi connectivity index (χ0) is 12.3. The molecule has 2 rings (SSSR count). The molecule has 2 aliphatic rings. The van der Waals surface area contributed by atoms with Crippen LogP contribution in [0.25, 0.3) is 0 Å². The maximum Gasteiger partial charge on any atom is 0.224 e. The molecular formula is C14H22N2O. The van der Waals surface area contributed by atoms with Gasteiger partial charge in [-0.2, -0.15) is 5.26 Å².